The first-order valence-corrected chi connectivity index (χ1v) is 19.4. The molecule has 0 aliphatic carbocycles. The summed E-state index contributed by atoms with van der Waals surface area (Å²) in [6, 6.07) is 84.7. The van der Waals surface area contributed by atoms with Crippen molar-refractivity contribution in [2.45, 2.75) is 0 Å². The van der Waals surface area contributed by atoms with Crippen molar-refractivity contribution in [3.05, 3.63) is 237 Å². The summed E-state index contributed by atoms with van der Waals surface area (Å²) in [7, 11) is 0. The van der Waals surface area contributed by atoms with Gasteiger partial charge in [-0.15, -0.1) is 0 Å². The molecule has 0 aliphatic rings. The lowest BCUT2D eigenvalue weighted by atomic mass is 10.0. The summed E-state index contributed by atoms with van der Waals surface area (Å²) in [6.07, 6.45) is 0. The highest BCUT2D eigenvalue weighted by atomic mass is 15.2. The maximum atomic E-state index is 2.42. The van der Waals surface area contributed by atoms with Crippen LogP contribution in [0.5, 0.6) is 0 Å². The fourth-order valence-electron chi connectivity index (χ4n) is 8.06. The molecule has 0 bridgehead atoms. The minimum atomic E-state index is 1.08. The van der Waals surface area contributed by atoms with Crippen LogP contribution in [0.2, 0.25) is 0 Å². The summed E-state index contributed by atoms with van der Waals surface area (Å²) < 4.78 is 2.42. The molecular formula is C54H39N3. The SMILES string of the molecule is c1ccc(-c2ccc(N(c3ccccc3)c3cccc(-n4c5ccccc5c5ccc(N(c6ccccc6)c6ccc(-c7ccccc7)cc6)cc54)c3)cc2)cc1. The van der Waals surface area contributed by atoms with E-state index in [4.69, 9.17) is 0 Å². The molecule has 10 aromatic rings. The molecule has 0 spiro atoms. The van der Waals surface area contributed by atoms with Crippen LogP contribution in [0.3, 0.4) is 0 Å². The third-order valence-corrected chi connectivity index (χ3v) is 10.8. The highest BCUT2D eigenvalue weighted by Crippen LogP contribution is 2.42. The number of para-hydroxylation sites is 3. The van der Waals surface area contributed by atoms with Crippen LogP contribution in [0.25, 0.3) is 49.7 Å². The number of rotatable bonds is 9. The average molecular weight is 730 g/mol. The fraction of sp³-hybridized carbons (Fsp3) is 0. The van der Waals surface area contributed by atoms with E-state index in [0.717, 1.165) is 45.3 Å². The normalized spacial score (nSPS) is 11.2. The predicted octanol–water partition coefficient (Wildman–Crippen LogP) is 15.1. The van der Waals surface area contributed by atoms with Crippen LogP contribution >= 0.6 is 0 Å². The van der Waals surface area contributed by atoms with E-state index in [0.29, 0.717) is 0 Å². The molecule has 0 saturated heterocycles. The monoisotopic (exact) mass is 729 g/mol. The van der Waals surface area contributed by atoms with E-state index in [1.165, 1.54) is 38.5 Å². The van der Waals surface area contributed by atoms with Gasteiger partial charge in [-0.05, 0) is 107 Å². The van der Waals surface area contributed by atoms with Crippen LogP contribution in [-0.4, -0.2) is 4.57 Å². The highest BCUT2D eigenvalue weighted by Gasteiger charge is 2.19. The second kappa shape index (κ2) is 14.9. The molecule has 0 radical (unpaired) electrons. The lowest BCUT2D eigenvalue weighted by molar-refractivity contribution is 1.17. The molecule has 0 amide bonds. The first-order chi connectivity index (χ1) is 28.3. The standard InChI is InChI=1S/C54H39N3/c1-5-16-40(17-6-1)42-28-32-46(33-29-42)55(44-20-9-3-10-21-44)48-24-15-25-49(38-48)57-53-27-14-13-26-51(53)52-37-36-50(39-54(52)57)56(45-22-11-4-12-23-45)47-34-30-43(31-35-47)41-18-7-2-8-19-41/h1-39H. The first kappa shape index (κ1) is 33.9. The molecule has 0 saturated carbocycles. The lowest BCUT2D eigenvalue weighted by Gasteiger charge is -2.27. The van der Waals surface area contributed by atoms with Gasteiger partial charge < -0.3 is 14.4 Å². The maximum absolute atomic E-state index is 2.42. The molecule has 9 aromatic carbocycles. The Morgan fingerprint density at radius 2 is 0.632 bits per heavy atom. The summed E-state index contributed by atoms with van der Waals surface area (Å²) in [6.45, 7) is 0. The topological polar surface area (TPSA) is 11.4 Å². The van der Waals surface area contributed by atoms with E-state index >= 15 is 0 Å². The van der Waals surface area contributed by atoms with Gasteiger partial charge >= 0.3 is 0 Å². The smallest absolute Gasteiger partial charge is 0.0561 e. The largest absolute Gasteiger partial charge is 0.310 e. The first-order valence-electron chi connectivity index (χ1n) is 19.4. The van der Waals surface area contributed by atoms with Gasteiger partial charge in [-0.3, -0.25) is 0 Å². The Labute approximate surface area is 333 Å². The molecule has 0 atom stereocenters. The zero-order chi connectivity index (χ0) is 38.0. The summed E-state index contributed by atoms with van der Waals surface area (Å²) >= 11 is 0. The second-order valence-electron chi connectivity index (χ2n) is 14.2. The lowest BCUT2D eigenvalue weighted by Crippen LogP contribution is -2.10. The molecular weight excluding hydrogens is 691 g/mol. The van der Waals surface area contributed by atoms with Crippen molar-refractivity contribution in [1.29, 1.82) is 0 Å². The number of hydrogen-bond acceptors (Lipinski definition) is 2. The van der Waals surface area contributed by atoms with Gasteiger partial charge in [0, 0.05) is 50.6 Å². The average Bonchev–Trinajstić information content (AvgIpc) is 3.62. The van der Waals surface area contributed by atoms with Crippen molar-refractivity contribution in [1.82, 2.24) is 4.57 Å². The number of benzene rings is 9. The zero-order valence-corrected chi connectivity index (χ0v) is 31.4. The number of fused-ring (bicyclic) bond motifs is 3. The Morgan fingerprint density at radius 3 is 1.18 bits per heavy atom. The maximum Gasteiger partial charge on any atom is 0.0561 e. The Hall–Kier alpha value is -7.62. The van der Waals surface area contributed by atoms with Crippen LogP contribution in [0.4, 0.5) is 34.1 Å². The molecule has 0 unspecified atom stereocenters. The number of hydrogen-bond donors (Lipinski definition) is 0. The van der Waals surface area contributed by atoms with Gasteiger partial charge in [0.25, 0.3) is 0 Å². The van der Waals surface area contributed by atoms with Crippen LogP contribution in [0.1, 0.15) is 0 Å². The summed E-state index contributed by atoms with van der Waals surface area (Å²) in [4.78, 5) is 4.69. The van der Waals surface area contributed by atoms with Gasteiger partial charge in [0.15, 0.2) is 0 Å². The van der Waals surface area contributed by atoms with E-state index in [2.05, 4.69) is 251 Å². The predicted molar refractivity (Wildman–Crippen MR) is 241 cm³/mol. The minimum Gasteiger partial charge on any atom is -0.310 e. The molecule has 1 heterocycles. The summed E-state index contributed by atoms with van der Waals surface area (Å²) in [5.74, 6) is 0. The van der Waals surface area contributed by atoms with Crippen LogP contribution in [-0.2, 0) is 0 Å². The minimum absolute atomic E-state index is 1.08. The molecule has 0 aliphatic heterocycles. The van der Waals surface area contributed by atoms with Crippen molar-refractivity contribution in [2.24, 2.45) is 0 Å². The summed E-state index contributed by atoms with van der Waals surface area (Å²) in [5, 5.41) is 2.43. The summed E-state index contributed by atoms with van der Waals surface area (Å²) in [5.41, 5.74) is 14.8. The number of aromatic nitrogens is 1. The Kier molecular flexibility index (Phi) is 8.86. The molecule has 3 nitrogen and oxygen atoms in total. The molecule has 0 fully saturated rings. The van der Waals surface area contributed by atoms with Gasteiger partial charge in [0.2, 0.25) is 0 Å². The van der Waals surface area contributed by atoms with E-state index < -0.39 is 0 Å². The molecule has 10 rings (SSSR count). The molecule has 0 N–H and O–H groups in total. The third kappa shape index (κ3) is 6.52. The van der Waals surface area contributed by atoms with Crippen molar-refractivity contribution < 1.29 is 0 Å². The van der Waals surface area contributed by atoms with Crippen LogP contribution in [0, 0.1) is 0 Å². The van der Waals surface area contributed by atoms with Crippen molar-refractivity contribution >= 4 is 55.9 Å². The second-order valence-corrected chi connectivity index (χ2v) is 14.2. The van der Waals surface area contributed by atoms with E-state index in [-0.39, 0.29) is 0 Å². The number of nitrogens with zero attached hydrogens (tertiary/aromatic N) is 3. The van der Waals surface area contributed by atoms with Gasteiger partial charge in [-0.1, -0.05) is 152 Å². The van der Waals surface area contributed by atoms with Gasteiger partial charge in [-0.25, -0.2) is 0 Å². The Balaban J connectivity index is 1.11. The zero-order valence-electron chi connectivity index (χ0n) is 31.4. The molecule has 1 aromatic heterocycles. The number of anilines is 6. The third-order valence-electron chi connectivity index (χ3n) is 10.8. The molecule has 270 valence electrons. The van der Waals surface area contributed by atoms with E-state index in [1.54, 1.807) is 0 Å². The van der Waals surface area contributed by atoms with Gasteiger partial charge in [0.1, 0.15) is 0 Å². The Morgan fingerprint density at radius 1 is 0.246 bits per heavy atom. The van der Waals surface area contributed by atoms with Crippen LogP contribution < -0.4 is 9.80 Å². The van der Waals surface area contributed by atoms with E-state index in [1.807, 2.05) is 0 Å². The fourth-order valence-corrected chi connectivity index (χ4v) is 8.06. The molecule has 3 heteroatoms. The van der Waals surface area contributed by atoms with Crippen molar-refractivity contribution in [2.75, 3.05) is 9.80 Å². The van der Waals surface area contributed by atoms with Gasteiger partial charge in [-0.2, -0.15) is 0 Å². The quantitative estimate of drug-likeness (QED) is 0.147. The molecule has 57 heavy (non-hydrogen) atoms. The van der Waals surface area contributed by atoms with Crippen LogP contribution in [0.15, 0.2) is 237 Å². The van der Waals surface area contributed by atoms with Crippen molar-refractivity contribution in [3.8, 4) is 27.9 Å². The van der Waals surface area contributed by atoms with Gasteiger partial charge in [0.05, 0.1) is 11.0 Å². The Bertz CT molecular complexity index is 2920. The van der Waals surface area contributed by atoms with Crippen molar-refractivity contribution in [3.63, 3.8) is 0 Å². The highest BCUT2D eigenvalue weighted by molar-refractivity contribution is 6.10. The van der Waals surface area contributed by atoms with E-state index in [9.17, 15) is 0 Å².